The Morgan fingerprint density at radius 3 is 2.53 bits per heavy atom. The summed E-state index contributed by atoms with van der Waals surface area (Å²) in [7, 11) is 3.24. The highest BCUT2D eigenvalue weighted by Gasteiger charge is 2.34. The number of hydrogen-bond acceptors (Lipinski definition) is 3. The van der Waals surface area contributed by atoms with Gasteiger partial charge in [-0.1, -0.05) is 31.3 Å². The van der Waals surface area contributed by atoms with Crippen molar-refractivity contribution in [2.75, 3.05) is 19.1 Å². The highest BCUT2D eigenvalue weighted by Crippen LogP contribution is 2.24. The normalized spacial score (nSPS) is 13.7. The van der Waals surface area contributed by atoms with Gasteiger partial charge in [0.15, 0.2) is 0 Å². The number of methoxy groups -OCH3 is 1. The van der Waals surface area contributed by atoms with E-state index in [0.717, 1.165) is 0 Å². The molecule has 0 aliphatic rings. The summed E-state index contributed by atoms with van der Waals surface area (Å²) in [6.07, 6.45) is 0.585. The molecule has 0 bridgehead atoms. The first-order valence-electron chi connectivity index (χ1n) is 6.09. The van der Waals surface area contributed by atoms with E-state index in [1.165, 1.54) is 7.11 Å². The first kappa shape index (κ1) is 15.6. The number of para-hydroxylation sites is 1. The highest BCUT2D eigenvalue weighted by atomic mass is 32.1. The van der Waals surface area contributed by atoms with Gasteiger partial charge in [-0.2, -0.15) is 0 Å². The molecule has 0 spiro atoms. The molecule has 0 fully saturated rings. The fourth-order valence-corrected chi connectivity index (χ4v) is 1.99. The van der Waals surface area contributed by atoms with Crippen LogP contribution in [0.1, 0.15) is 25.8 Å². The van der Waals surface area contributed by atoms with Crippen LogP contribution in [0.25, 0.3) is 0 Å². The zero-order valence-corrected chi connectivity index (χ0v) is 12.6. The Morgan fingerprint density at radius 1 is 1.47 bits per heavy atom. The second-order valence-electron chi connectivity index (χ2n) is 4.53. The second-order valence-corrected chi connectivity index (χ2v) is 4.97. The van der Waals surface area contributed by atoms with Crippen LogP contribution in [-0.4, -0.2) is 30.7 Å². The monoisotopic (exact) mass is 280 g/mol. The molecule has 0 heterocycles. The van der Waals surface area contributed by atoms with Gasteiger partial charge in [0.1, 0.15) is 10.6 Å². The van der Waals surface area contributed by atoms with Gasteiger partial charge in [0.05, 0.1) is 5.69 Å². The Labute approximate surface area is 119 Å². The van der Waals surface area contributed by atoms with Crippen molar-refractivity contribution in [3.05, 3.63) is 29.8 Å². The maximum Gasteiger partial charge on any atom is 0.258 e. The zero-order valence-electron chi connectivity index (χ0n) is 11.8. The van der Waals surface area contributed by atoms with Gasteiger partial charge in [0.2, 0.25) is 0 Å². The summed E-state index contributed by atoms with van der Waals surface area (Å²) >= 11 is 5.01. The van der Waals surface area contributed by atoms with Gasteiger partial charge >= 0.3 is 0 Å². The molecule has 0 saturated heterocycles. The lowest BCUT2D eigenvalue weighted by Gasteiger charge is -2.31. The maximum absolute atomic E-state index is 12.5. The molecule has 104 valence electrons. The lowest BCUT2D eigenvalue weighted by atomic mass is 10.0. The summed E-state index contributed by atoms with van der Waals surface area (Å²) in [5, 5.41) is 0. The van der Waals surface area contributed by atoms with E-state index in [0.29, 0.717) is 17.7 Å². The topological polar surface area (TPSA) is 55.6 Å². The largest absolute Gasteiger partial charge is 0.389 e. The van der Waals surface area contributed by atoms with E-state index in [1.807, 2.05) is 25.1 Å². The minimum atomic E-state index is -0.849. The third-order valence-electron chi connectivity index (χ3n) is 3.41. The number of nitrogens with two attached hydrogens (primary N) is 1. The molecule has 19 heavy (non-hydrogen) atoms. The first-order valence-corrected chi connectivity index (χ1v) is 6.50. The molecule has 0 aliphatic carbocycles. The van der Waals surface area contributed by atoms with Gasteiger partial charge in [0, 0.05) is 19.7 Å². The summed E-state index contributed by atoms with van der Waals surface area (Å²) in [5.74, 6) is -0.124. The van der Waals surface area contributed by atoms with E-state index >= 15 is 0 Å². The zero-order chi connectivity index (χ0) is 14.6. The van der Waals surface area contributed by atoms with E-state index in [-0.39, 0.29) is 10.9 Å². The van der Waals surface area contributed by atoms with Crippen LogP contribution < -0.4 is 10.6 Å². The quantitative estimate of drug-likeness (QED) is 0.839. The van der Waals surface area contributed by atoms with Crippen LogP contribution in [0, 0.1) is 0 Å². The molecule has 0 aliphatic heterocycles. The molecule has 0 saturated carbocycles. The Balaban J connectivity index is 3.17. The summed E-state index contributed by atoms with van der Waals surface area (Å²) in [6.45, 7) is 3.68. The molecule has 4 nitrogen and oxygen atoms in total. The SMILES string of the molecule is CCC(C)(OC)C(=O)N(C)c1ccccc1C(N)=S. The van der Waals surface area contributed by atoms with E-state index < -0.39 is 5.60 Å². The molecule has 1 amide bonds. The molecule has 1 aromatic rings. The van der Waals surface area contributed by atoms with Crippen molar-refractivity contribution in [1.29, 1.82) is 0 Å². The Kier molecular flexibility index (Phi) is 5.03. The van der Waals surface area contributed by atoms with Crippen molar-refractivity contribution < 1.29 is 9.53 Å². The number of nitrogens with zero attached hydrogens (tertiary/aromatic N) is 1. The molecular weight excluding hydrogens is 260 g/mol. The van der Waals surface area contributed by atoms with Crippen LogP contribution in [0.4, 0.5) is 5.69 Å². The van der Waals surface area contributed by atoms with Gasteiger partial charge in [-0.05, 0) is 25.5 Å². The molecule has 1 unspecified atom stereocenters. The first-order chi connectivity index (χ1) is 8.87. The lowest BCUT2D eigenvalue weighted by molar-refractivity contribution is -0.138. The average Bonchev–Trinajstić information content (AvgIpc) is 2.44. The lowest BCUT2D eigenvalue weighted by Crippen LogP contribution is -2.47. The van der Waals surface area contributed by atoms with E-state index in [2.05, 4.69) is 0 Å². The number of thiocarbonyl (C=S) groups is 1. The van der Waals surface area contributed by atoms with Crippen molar-refractivity contribution in [2.45, 2.75) is 25.9 Å². The maximum atomic E-state index is 12.5. The van der Waals surface area contributed by atoms with E-state index in [9.17, 15) is 4.79 Å². The fourth-order valence-electron chi connectivity index (χ4n) is 1.82. The molecule has 1 rings (SSSR count). The number of rotatable bonds is 5. The molecule has 1 aromatic carbocycles. The smallest absolute Gasteiger partial charge is 0.258 e. The number of carbonyl (C=O) groups excluding carboxylic acids is 1. The minimum absolute atomic E-state index is 0.124. The van der Waals surface area contributed by atoms with Crippen LogP contribution in [0.3, 0.4) is 0 Å². The van der Waals surface area contributed by atoms with Crippen molar-refractivity contribution in [2.24, 2.45) is 5.73 Å². The predicted molar refractivity (Wildman–Crippen MR) is 81.4 cm³/mol. The van der Waals surface area contributed by atoms with Crippen LogP contribution in [0.15, 0.2) is 24.3 Å². The fraction of sp³-hybridized carbons (Fsp3) is 0.429. The van der Waals surface area contributed by atoms with Crippen molar-refractivity contribution in [3.8, 4) is 0 Å². The Morgan fingerprint density at radius 2 is 2.05 bits per heavy atom. The molecule has 0 radical (unpaired) electrons. The van der Waals surface area contributed by atoms with Crippen molar-refractivity contribution >= 4 is 28.8 Å². The summed E-state index contributed by atoms with van der Waals surface area (Å²) in [5.41, 5.74) is 6.21. The third kappa shape index (κ3) is 3.11. The Bertz CT molecular complexity index is 484. The summed E-state index contributed by atoms with van der Waals surface area (Å²) in [6, 6.07) is 7.30. The van der Waals surface area contributed by atoms with Crippen LogP contribution in [-0.2, 0) is 9.53 Å². The van der Waals surface area contributed by atoms with E-state index in [4.69, 9.17) is 22.7 Å². The number of benzene rings is 1. The standard InChI is InChI=1S/C14H20N2O2S/c1-5-14(2,18-4)13(17)16(3)11-9-7-6-8-10(11)12(15)19/h6-9H,5H2,1-4H3,(H2,15,19). The number of hydrogen-bond donors (Lipinski definition) is 1. The number of carbonyl (C=O) groups is 1. The highest BCUT2D eigenvalue weighted by molar-refractivity contribution is 7.80. The van der Waals surface area contributed by atoms with Gasteiger partial charge in [-0.3, -0.25) is 4.79 Å². The van der Waals surface area contributed by atoms with Crippen molar-refractivity contribution in [1.82, 2.24) is 0 Å². The molecule has 1 atom stereocenters. The van der Waals surface area contributed by atoms with Gasteiger partial charge in [0.25, 0.3) is 5.91 Å². The second kappa shape index (κ2) is 6.12. The number of ether oxygens (including phenoxy) is 1. The average molecular weight is 280 g/mol. The third-order valence-corrected chi connectivity index (χ3v) is 3.63. The number of anilines is 1. The molecule has 0 aromatic heterocycles. The molecule has 2 N–H and O–H groups in total. The van der Waals surface area contributed by atoms with Gasteiger partial charge in [-0.25, -0.2) is 0 Å². The summed E-state index contributed by atoms with van der Waals surface area (Å²) < 4.78 is 5.34. The number of likely N-dealkylation sites (N-methyl/N-ethyl adjacent to an activating group) is 1. The van der Waals surface area contributed by atoms with Gasteiger partial charge < -0.3 is 15.4 Å². The van der Waals surface area contributed by atoms with Crippen molar-refractivity contribution in [3.63, 3.8) is 0 Å². The molecular formula is C14H20N2O2S. The Hall–Kier alpha value is -1.46. The number of amides is 1. The molecule has 5 heteroatoms. The van der Waals surface area contributed by atoms with Crippen LogP contribution in [0.2, 0.25) is 0 Å². The van der Waals surface area contributed by atoms with Gasteiger partial charge in [-0.15, -0.1) is 0 Å². The minimum Gasteiger partial charge on any atom is -0.389 e. The summed E-state index contributed by atoms with van der Waals surface area (Å²) in [4.78, 5) is 14.3. The predicted octanol–water partition coefficient (Wildman–Crippen LogP) is 2.10. The van der Waals surface area contributed by atoms with E-state index in [1.54, 1.807) is 24.9 Å². The van der Waals surface area contributed by atoms with Crippen LogP contribution >= 0.6 is 12.2 Å². The van der Waals surface area contributed by atoms with Crippen LogP contribution in [0.5, 0.6) is 0 Å².